The Bertz CT molecular complexity index is 399. The summed E-state index contributed by atoms with van der Waals surface area (Å²) in [7, 11) is 0. The lowest BCUT2D eigenvalue weighted by atomic mass is 9.74. The van der Waals surface area contributed by atoms with Crippen LogP contribution in [0.3, 0.4) is 0 Å². The van der Waals surface area contributed by atoms with Gasteiger partial charge in [-0.2, -0.15) is 0 Å². The van der Waals surface area contributed by atoms with Crippen LogP contribution < -0.4 is 21.7 Å². The second-order valence-corrected chi connectivity index (χ2v) is 5.27. The molecule has 1 unspecified atom stereocenters. The number of amides is 1. The minimum atomic E-state index is -1.12. The third-order valence-corrected chi connectivity index (χ3v) is 3.96. The van der Waals surface area contributed by atoms with E-state index in [-0.39, 0.29) is 6.54 Å². The van der Waals surface area contributed by atoms with Crippen LogP contribution in [0.2, 0.25) is 0 Å². The highest BCUT2D eigenvalue weighted by Crippen LogP contribution is 2.30. The average Bonchev–Trinajstić information content (AvgIpc) is 2.48. The van der Waals surface area contributed by atoms with E-state index < -0.39 is 29.3 Å². The molecular weight excluding hydrogens is 304 g/mol. The number of rotatable bonds is 14. The van der Waals surface area contributed by atoms with Gasteiger partial charge in [-0.1, -0.05) is 13.8 Å². The molecule has 0 fully saturated rings. The Kier molecular flexibility index (Phi) is 10.1. The maximum absolute atomic E-state index is 11.7. The van der Waals surface area contributed by atoms with Gasteiger partial charge in [0.2, 0.25) is 5.91 Å². The van der Waals surface area contributed by atoms with Crippen molar-refractivity contribution in [1.82, 2.24) is 16.0 Å². The number of carboxylic acids is 2. The molecular formula is C14H28N4O5. The fraction of sp³-hybridized carbons (Fsp3) is 0.786. The standard InChI is InChI=1S/C14H28N4O5/c1-3-14(4-2,13(15)23)11(12(21)22)18-8-7-16-5-6-17-9-10(19)20/h11,16-18H,3-9H2,1-2H3,(H2,15,23)(H,19,20)(H,21,22). The quantitative estimate of drug-likeness (QED) is 0.212. The Morgan fingerprint density at radius 3 is 1.96 bits per heavy atom. The fourth-order valence-electron chi connectivity index (χ4n) is 2.47. The molecule has 0 radical (unpaired) electrons. The topological polar surface area (TPSA) is 154 Å². The summed E-state index contributed by atoms with van der Waals surface area (Å²) in [6.45, 7) is 5.27. The van der Waals surface area contributed by atoms with E-state index in [0.717, 1.165) is 0 Å². The molecule has 0 bridgehead atoms. The molecule has 1 atom stereocenters. The van der Waals surface area contributed by atoms with E-state index in [2.05, 4.69) is 16.0 Å². The van der Waals surface area contributed by atoms with Crippen molar-refractivity contribution in [3.63, 3.8) is 0 Å². The Morgan fingerprint density at radius 2 is 1.52 bits per heavy atom. The van der Waals surface area contributed by atoms with Gasteiger partial charge in [0.05, 0.1) is 12.0 Å². The summed E-state index contributed by atoms with van der Waals surface area (Å²) < 4.78 is 0. The summed E-state index contributed by atoms with van der Waals surface area (Å²) in [6, 6.07) is -1.04. The maximum atomic E-state index is 11.7. The second kappa shape index (κ2) is 10.9. The fourth-order valence-corrected chi connectivity index (χ4v) is 2.47. The third-order valence-electron chi connectivity index (χ3n) is 3.96. The molecule has 0 rings (SSSR count). The van der Waals surface area contributed by atoms with Gasteiger partial charge in [-0.25, -0.2) is 0 Å². The highest BCUT2D eigenvalue weighted by atomic mass is 16.4. The van der Waals surface area contributed by atoms with Crippen LogP contribution in [0.4, 0.5) is 0 Å². The second-order valence-electron chi connectivity index (χ2n) is 5.27. The lowest BCUT2D eigenvalue weighted by Gasteiger charge is -2.34. The number of carboxylic acid groups (broad SMARTS) is 2. The van der Waals surface area contributed by atoms with Crippen molar-refractivity contribution in [1.29, 1.82) is 0 Å². The van der Waals surface area contributed by atoms with Crippen LogP contribution >= 0.6 is 0 Å². The Balaban J connectivity index is 4.28. The van der Waals surface area contributed by atoms with Crippen molar-refractivity contribution in [3.8, 4) is 0 Å². The van der Waals surface area contributed by atoms with Crippen molar-refractivity contribution < 1.29 is 24.6 Å². The molecule has 0 aliphatic carbocycles. The maximum Gasteiger partial charge on any atom is 0.321 e. The van der Waals surface area contributed by atoms with Crippen LogP contribution in [0.1, 0.15) is 26.7 Å². The molecule has 9 heteroatoms. The van der Waals surface area contributed by atoms with Crippen LogP contribution in [-0.2, 0) is 14.4 Å². The molecule has 0 aromatic heterocycles. The summed E-state index contributed by atoms with van der Waals surface area (Å²) >= 11 is 0. The predicted molar refractivity (Wildman–Crippen MR) is 85.0 cm³/mol. The van der Waals surface area contributed by atoms with E-state index in [9.17, 15) is 19.5 Å². The summed E-state index contributed by atoms with van der Waals surface area (Å²) in [6.07, 6.45) is 0.685. The molecule has 0 saturated heterocycles. The smallest absolute Gasteiger partial charge is 0.321 e. The van der Waals surface area contributed by atoms with E-state index in [0.29, 0.717) is 39.0 Å². The Hall–Kier alpha value is -1.71. The lowest BCUT2D eigenvalue weighted by Crippen LogP contribution is -2.57. The number of nitrogens with two attached hydrogens (primary N) is 1. The van der Waals surface area contributed by atoms with Gasteiger partial charge in [-0.05, 0) is 12.8 Å². The number of primary amides is 1. The molecule has 0 aliphatic rings. The van der Waals surface area contributed by atoms with Crippen LogP contribution in [-0.4, -0.2) is 66.8 Å². The van der Waals surface area contributed by atoms with Crippen LogP contribution in [0.25, 0.3) is 0 Å². The third kappa shape index (κ3) is 6.93. The van der Waals surface area contributed by atoms with E-state index >= 15 is 0 Å². The number of carbonyl (C=O) groups is 3. The van der Waals surface area contributed by atoms with Crippen LogP contribution in [0, 0.1) is 5.41 Å². The van der Waals surface area contributed by atoms with E-state index in [4.69, 9.17) is 10.8 Å². The first kappa shape index (κ1) is 21.3. The summed E-state index contributed by atoms with van der Waals surface area (Å²) in [4.78, 5) is 33.5. The minimum absolute atomic E-state index is 0.102. The minimum Gasteiger partial charge on any atom is -0.480 e. The summed E-state index contributed by atoms with van der Waals surface area (Å²) in [5.41, 5.74) is 4.31. The van der Waals surface area contributed by atoms with Gasteiger partial charge < -0.3 is 31.9 Å². The van der Waals surface area contributed by atoms with Crippen LogP contribution in [0.5, 0.6) is 0 Å². The average molecular weight is 332 g/mol. The first-order valence-corrected chi connectivity index (χ1v) is 7.71. The highest BCUT2D eigenvalue weighted by Gasteiger charge is 2.45. The number of nitrogens with one attached hydrogen (secondary N) is 3. The number of carbonyl (C=O) groups excluding carboxylic acids is 1. The molecule has 0 aliphatic heterocycles. The molecule has 23 heavy (non-hydrogen) atoms. The zero-order valence-corrected chi connectivity index (χ0v) is 13.7. The molecule has 0 aromatic carbocycles. The molecule has 1 amide bonds. The predicted octanol–water partition coefficient (Wildman–Crippen LogP) is -1.42. The van der Waals surface area contributed by atoms with Gasteiger partial charge in [-0.15, -0.1) is 0 Å². The van der Waals surface area contributed by atoms with Gasteiger partial charge >= 0.3 is 11.9 Å². The van der Waals surface area contributed by atoms with Crippen LogP contribution in [0.15, 0.2) is 0 Å². The van der Waals surface area contributed by atoms with Crippen molar-refractivity contribution in [2.24, 2.45) is 11.1 Å². The largest absolute Gasteiger partial charge is 0.480 e. The van der Waals surface area contributed by atoms with Gasteiger partial charge in [-0.3, -0.25) is 14.4 Å². The van der Waals surface area contributed by atoms with Gasteiger partial charge in [0.1, 0.15) is 6.04 Å². The zero-order valence-electron chi connectivity index (χ0n) is 13.7. The Morgan fingerprint density at radius 1 is 1.00 bits per heavy atom. The molecule has 134 valence electrons. The molecule has 0 saturated carbocycles. The van der Waals surface area contributed by atoms with Gasteiger partial charge in [0.15, 0.2) is 0 Å². The van der Waals surface area contributed by atoms with E-state index in [1.54, 1.807) is 13.8 Å². The first-order chi connectivity index (χ1) is 10.8. The Labute approximate surface area is 136 Å². The monoisotopic (exact) mass is 332 g/mol. The van der Waals surface area contributed by atoms with Crippen molar-refractivity contribution >= 4 is 17.8 Å². The summed E-state index contributed by atoms with van der Waals surface area (Å²) in [5.74, 6) is -2.64. The van der Waals surface area contributed by atoms with Crippen molar-refractivity contribution in [2.75, 3.05) is 32.7 Å². The summed E-state index contributed by atoms with van der Waals surface area (Å²) in [5, 5.41) is 26.5. The molecule has 0 heterocycles. The van der Waals surface area contributed by atoms with E-state index in [1.807, 2.05) is 0 Å². The number of hydrogen-bond donors (Lipinski definition) is 6. The van der Waals surface area contributed by atoms with E-state index in [1.165, 1.54) is 0 Å². The van der Waals surface area contributed by atoms with Crippen molar-refractivity contribution in [2.45, 2.75) is 32.7 Å². The highest BCUT2D eigenvalue weighted by molar-refractivity contribution is 5.89. The SMILES string of the molecule is CCC(CC)(C(N)=O)C(NCCNCCNCC(=O)O)C(=O)O. The molecule has 9 nitrogen and oxygen atoms in total. The zero-order chi connectivity index (χ0) is 17.9. The molecule has 7 N–H and O–H groups in total. The first-order valence-electron chi connectivity index (χ1n) is 7.71. The van der Waals surface area contributed by atoms with Crippen molar-refractivity contribution in [3.05, 3.63) is 0 Å². The van der Waals surface area contributed by atoms with Gasteiger partial charge in [0, 0.05) is 26.2 Å². The molecule has 0 aromatic rings. The number of hydrogen-bond acceptors (Lipinski definition) is 6. The molecule has 0 spiro atoms. The lowest BCUT2D eigenvalue weighted by molar-refractivity contribution is -0.148. The van der Waals surface area contributed by atoms with Gasteiger partial charge in [0.25, 0.3) is 0 Å². The normalized spacial score (nSPS) is 12.8. The number of aliphatic carboxylic acids is 2.